The monoisotopic (exact) mass is 1300 g/mol. The molecule has 0 aromatic carbocycles. The Morgan fingerprint density at radius 1 is 0.292 bits per heavy atom. The van der Waals surface area contributed by atoms with E-state index in [1.54, 1.807) is 0 Å². The van der Waals surface area contributed by atoms with E-state index in [-0.39, 0.29) is 0 Å². The lowest BCUT2D eigenvalue weighted by Crippen LogP contribution is -2.70. The van der Waals surface area contributed by atoms with E-state index in [9.17, 15) is 102 Å². The van der Waals surface area contributed by atoms with E-state index in [1.807, 2.05) is 0 Å². The number of aliphatic hydroxyl groups excluding tert-OH is 18. The molecule has 8 aliphatic rings. The van der Waals surface area contributed by atoms with Gasteiger partial charge in [0.25, 0.3) is 0 Å². The van der Waals surface area contributed by atoms with Crippen molar-refractivity contribution < 1.29 is 173 Å². The van der Waals surface area contributed by atoms with Crippen LogP contribution in [0.2, 0.25) is 0 Å². The van der Waals surface area contributed by atoms with Gasteiger partial charge in [-0.15, -0.1) is 0 Å². The average molecular weight is 1300 g/mol. The molecule has 0 spiro atoms. The highest BCUT2D eigenvalue weighted by Crippen LogP contribution is 2.39. The van der Waals surface area contributed by atoms with Gasteiger partial charge in [-0.3, -0.25) is 9.59 Å². The molecule has 20 N–H and O–H groups in total. The normalized spacial score (nSPS) is 53.4. The fraction of sp³-hybridized carbons (Fsp3) is 0.962. The summed E-state index contributed by atoms with van der Waals surface area (Å²) in [6.07, 6.45) is -67.4. The smallest absolute Gasteiger partial charge is 0.217 e. The fourth-order valence-electron chi connectivity index (χ4n) is 11.9. The lowest BCUT2D eigenvalue weighted by molar-refractivity contribution is -0.403. The molecule has 516 valence electrons. The minimum atomic E-state index is -2.14. The topological polar surface area (TPSA) is 561 Å². The first kappa shape index (κ1) is 72.4. The van der Waals surface area contributed by atoms with Crippen molar-refractivity contribution in [3.8, 4) is 0 Å². The van der Waals surface area contributed by atoms with E-state index in [0.29, 0.717) is 0 Å². The summed E-state index contributed by atoms with van der Waals surface area (Å²) in [7, 11) is 0. The van der Waals surface area contributed by atoms with Crippen molar-refractivity contribution >= 4 is 11.8 Å². The number of rotatable bonds is 18. The lowest BCUT2D eigenvalue weighted by atomic mass is 9.94. The second-order valence-corrected chi connectivity index (χ2v) is 23.7. The molecule has 37 heteroatoms. The van der Waals surface area contributed by atoms with Gasteiger partial charge in [-0.05, 0) is 41.5 Å². The Morgan fingerprint density at radius 2 is 0.573 bits per heavy atom. The van der Waals surface area contributed by atoms with Crippen molar-refractivity contribution in [1.82, 2.24) is 10.6 Å². The van der Waals surface area contributed by atoms with Crippen molar-refractivity contribution in [3.63, 3.8) is 0 Å². The van der Waals surface area contributed by atoms with Crippen molar-refractivity contribution in [1.29, 1.82) is 0 Å². The molecule has 37 nitrogen and oxygen atoms in total. The molecule has 0 aromatic rings. The predicted octanol–water partition coefficient (Wildman–Crippen LogP) is -12.0. The van der Waals surface area contributed by atoms with Crippen LogP contribution in [0.1, 0.15) is 55.4 Å². The van der Waals surface area contributed by atoms with E-state index >= 15 is 0 Å². The third kappa shape index (κ3) is 15.3. The van der Waals surface area contributed by atoms with Crippen LogP contribution in [-0.4, -0.2) is 362 Å². The molecular formula is C52H88N2O35. The number of hydrogen-bond donors (Lipinski definition) is 20. The Morgan fingerprint density at radius 3 is 0.955 bits per heavy atom. The molecule has 8 rings (SSSR count). The van der Waals surface area contributed by atoms with Gasteiger partial charge in [0.1, 0.15) is 159 Å². The van der Waals surface area contributed by atoms with Gasteiger partial charge in [0.2, 0.25) is 11.8 Å². The third-order valence-electron chi connectivity index (χ3n) is 17.2. The molecule has 2 amide bonds. The minimum absolute atomic E-state index is 0.709. The molecular weight excluding hydrogens is 1210 g/mol. The summed E-state index contributed by atoms with van der Waals surface area (Å²) in [5, 5.41) is 205. The summed E-state index contributed by atoms with van der Waals surface area (Å²) in [5.74, 6) is -1.57. The van der Waals surface area contributed by atoms with Gasteiger partial charge < -0.3 is 174 Å². The van der Waals surface area contributed by atoms with Gasteiger partial charge >= 0.3 is 0 Å². The van der Waals surface area contributed by atoms with Crippen LogP contribution in [0.3, 0.4) is 0 Å². The Labute approximate surface area is 508 Å². The Balaban J connectivity index is 1.04. The number of nitrogens with one attached hydrogen (secondary N) is 2. The SMILES string of the molecule is CC(=O)N[C@H]1[C@H](O[C@H]2[C@H](O[C@H]3[C@H](O[C@@H]4[C@@H](O)[C@H](C)O[C@@H](O[C@H]5[C@H](O)[C@@H](CO)OC(O)[C@@H]5NC(C)=O)[C@@H]4O)O[C@@H](C)[C@H](O)[C@H]3O)O[C@@H](C)[C@H](O)[C@H]2O)O[C@H](CO)[C@@H](O)[C@@H]1O[C@@H]1O[C@@H](C)[C@H](O)[C@@H](O[C@@H]2O[C@@H](C)[C@H](O)[C@@H](O)[C@H]2O[C@@H]2O[C@@H](C)[C@H](O)[C@@H](O)[C@H]2O)[C@H]1O. The van der Waals surface area contributed by atoms with Gasteiger partial charge in [-0.1, -0.05) is 0 Å². The Kier molecular flexibility index (Phi) is 24.5. The quantitative estimate of drug-likeness (QED) is 0.0606. The van der Waals surface area contributed by atoms with Gasteiger partial charge in [0.15, 0.2) is 50.3 Å². The van der Waals surface area contributed by atoms with Gasteiger partial charge in [0, 0.05) is 13.8 Å². The maximum absolute atomic E-state index is 13.1. The number of hydrogen-bond acceptors (Lipinski definition) is 35. The number of amides is 2. The van der Waals surface area contributed by atoms with Crippen molar-refractivity contribution in [3.05, 3.63) is 0 Å². The zero-order valence-electron chi connectivity index (χ0n) is 49.5. The zero-order valence-corrected chi connectivity index (χ0v) is 49.5. The second kappa shape index (κ2) is 30.1. The van der Waals surface area contributed by atoms with Crippen LogP contribution in [0.5, 0.6) is 0 Å². The van der Waals surface area contributed by atoms with Gasteiger partial charge in [-0.25, -0.2) is 0 Å². The second-order valence-electron chi connectivity index (χ2n) is 23.7. The van der Waals surface area contributed by atoms with Crippen LogP contribution < -0.4 is 10.6 Å². The maximum Gasteiger partial charge on any atom is 0.217 e. The molecule has 8 heterocycles. The van der Waals surface area contributed by atoms with Crippen LogP contribution in [0.4, 0.5) is 0 Å². The van der Waals surface area contributed by atoms with Gasteiger partial charge in [0.05, 0.1) is 49.8 Å². The van der Waals surface area contributed by atoms with Crippen molar-refractivity contribution in [2.75, 3.05) is 13.2 Å². The highest BCUT2D eigenvalue weighted by molar-refractivity contribution is 5.73. The summed E-state index contributed by atoms with van der Waals surface area (Å²) in [5.41, 5.74) is 0. The van der Waals surface area contributed by atoms with Crippen LogP contribution in [0, 0.1) is 0 Å². The summed E-state index contributed by atoms with van der Waals surface area (Å²) in [6.45, 7) is 8.16. The standard InChI is InChI=1S/C52H88N2O35/c1-11-23(59)31(67)35(71)47(75-11)88-43-33(69)25(61)12(2)78-50(43)85-41-28(64)16(6)77-49(37(41)73)84-39-22(54-18(8)58)46(82-20(10-56)30(39)66)87-42-32(68)24(60)14(4)80-52(42)89-44-34(70)26(62)13(3)79-51(44)86-40-27(63)15(5)76-48(36(40)72)83-38-21(53-17(7)57)45(74)81-19(9-55)29(38)65/h11-16,19-52,55-56,59-74H,9-10H2,1-8H3,(H,53,57)(H,54,58)/t11-,12-,13-,14-,15-,16-,19+,20+,21+,22+,23-,24-,25-,26-,27-,28-,29+,30+,31+,32+,33+,34+,35+,36+,37+,38+,39+,40+,41+,42+,43+,44+,45?,46-,47-,48-,49-,50-,51-,52-/m0/s1. The summed E-state index contributed by atoms with van der Waals surface area (Å²) in [4.78, 5) is 25.2. The van der Waals surface area contributed by atoms with E-state index in [4.69, 9.17) is 71.1 Å². The summed E-state index contributed by atoms with van der Waals surface area (Å²) < 4.78 is 88.8. The lowest BCUT2D eigenvalue weighted by Gasteiger charge is -2.51. The fourth-order valence-corrected chi connectivity index (χ4v) is 11.9. The zero-order chi connectivity index (χ0) is 65.7. The highest BCUT2D eigenvalue weighted by atomic mass is 16.8. The number of aliphatic hydroxyl groups is 18. The van der Waals surface area contributed by atoms with Crippen LogP contribution in [0.25, 0.3) is 0 Å². The molecule has 1 unspecified atom stereocenters. The van der Waals surface area contributed by atoms with E-state index in [0.717, 1.165) is 13.8 Å². The number of carbonyl (C=O) groups excluding carboxylic acids is 2. The molecule has 8 aliphatic heterocycles. The first-order chi connectivity index (χ1) is 41.8. The van der Waals surface area contributed by atoms with Crippen LogP contribution in [0.15, 0.2) is 0 Å². The van der Waals surface area contributed by atoms with E-state index < -0.39 is 271 Å². The highest BCUT2D eigenvalue weighted by Gasteiger charge is 2.59. The molecule has 0 aromatic heterocycles. The first-order valence-corrected chi connectivity index (χ1v) is 29.3. The van der Waals surface area contributed by atoms with Crippen LogP contribution >= 0.6 is 0 Å². The Bertz CT molecular complexity index is 2280. The molecule has 89 heavy (non-hydrogen) atoms. The predicted molar refractivity (Wildman–Crippen MR) is 279 cm³/mol. The molecule has 0 aliphatic carbocycles. The molecule has 8 saturated heterocycles. The summed E-state index contributed by atoms with van der Waals surface area (Å²) >= 11 is 0. The van der Waals surface area contributed by atoms with E-state index in [1.165, 1.54) is 41.5 Å². The number of ether oxygens (including phenoxy) is 15. The minimum Gasteiger partial charge on any atom is -0.394 e. The third-order valence-corrected chi connectivity index (χ3v) is 17.2. The number of carbonyl (C=O) groups is 2. The Hall–Kier alpha value is -2.38. The van der Waals surface area contributed by atoms with Crippen molar-refractivity contribution in [2.45, 2.75) is 301 Å². The molecule has 0 radical (unpaired) electrons. The van der Waals surface area contributed by atoms with Crippen LogP contribution in [-0.2, 0) is 80.6 Å². The average Bonchev–Trinajstić information content (AvgIpc) is 2.17. The first-order valence-electron chi connectivity index (χ1n) is 29.3. The molecule has 40 atom stereocenters. The maximum atomic E-state index is 13.1. The molecule has 8 fully saturated rings. The molecule has 0 bridgehead atoms. The summed E-state index contributed by atoms with van der Waals surface area (Å²) in [6, 6.07) is -3.32. The van der Waals surface area contributed by atoms with Crippen molar-refractivity contribution in [2.24, 2.45) is 0 Å². The largest absolute Gasteiger partial charge is 0.394 e. The molecule has 0 saturated carbocycles. The van der Waals surface area contributed by atoms with Gasteiger partial charge in [-0.2, -0.15) is 0 Å². The van der Waals surface area contributed by atoms with E-state index in [2.05, 4.69) is 10.6 Å².